The lowest BCUT2D eigenvalue weighted by Crippen LogP contribution is -2.56. The van der Waals surface area contributed by atoms with E-state index in [2.05, 4.69) is 24.1 Å². The van der Waals surface area contributed by atoms with Crippen molar-refractivity contribution in [2.45, 2.75) is 52.1 Å². The van der Waals surface area contributed by atoms with E-state index in [9.17, 15) is 4.79 Å². The number of hydrogen-bond acceptors (Lipinski definition) is 4. The van der Waals surface area contributed by atoms with Crippen LogP contribution >= 0.6 is 0 Å². The number of amides is 1. The maximum absolute atomic E-state index is 12.6. The molecule has 0 aliphatic carbocycles. The van der Waals surface area contributed by atoms with Gasteiger partial charge < -0.3 is 15.8 Å². The molecule has 0 saturated carbocycles. The summed E-state index contributed by atoms with van der Waals surface area (Å²) in [5.41, 5.74) is 5.58. The summed E-state index contributed by atoms with van der Waals surface area (Å²) in [5.74, 6) is 0.494. The zero-order valence-electron chi connectivity index (χ0n) is 13.4. The highest BCUT2D eigenvalue weighted by atomic mass is 16.5. The third kappa shape index (κ3) is 5.38. The minimum absolute atomic E-state index is 0.0590. The normalized spacial score (nSPS) is 19.1. The quantitative estimate of drug-likeness (QED) is 0.731. The van der Waals surface area contributed by atoms with Gasteiger partial charge in [-0.3, -0.25) is 9.69 Å². The van der Waals surface area contributed by atoms with Gasteiger partial charge in [0, 0.05) is 25.2 Å². The molecule has 1 atom stereocenters. The van der Waals surface area contributed by atoms with E-state index < -0.39 is 0 Å². The summed E-state index contributed by atoms with van der Waals surface area (Å²) < 4.78 is 5.40. The van der Waals surface area contributed by atoms with E-state index in [-0.39, 0.29) is 17.5 Å². The van der Waals surface area contributed by atoms with E-state index >= 15 is 0 Å². The van der Waals surface area contributed by atoms with Gasteiger partial charge in [-0.1, -0.05) is 26.7 Å². The number of ether oxygens (including phenoxy) is 1. The molecule has 1 fully saturated rings. The van der Waals surface area contributed by atoms with Crippen molar-refractivity contribution in [1.29, 1.82) is 0 Å². The summed E-state index contributed by atoms with van der Waals surface area (Å²) in [4.78, 5) is 14.9. The predicted molar refractivity (Wildman–Crippen MR) is 81.5 cm³/mol. The Hall–Kier alpha value is -0.650. The van der Waals surface area contributed by atoms with E-state index in [4.69, 9.17) is 10.5 Å². The van der Waals surface area contributed by atoms with E-state index in [1.807, 2.05) is 13.8 Å². The van der Waals surface area contributed by atoms with Crippen LogP contribution in [0, 0.1) is 5.92 Å². The number of hydrogen-bond donors (Lipinski definition) is 2. The second-order valence-corrected chi connectivity index (χ2v) is 6.38. The average molecular weight is 285 g/mol. The van der Waals surface area contributed by atoms with E-state index in [0.29, 0.717) is 25.7 Å². The third-order valence-corrected chi connectivity index (χ3v) is 3.92. The zero-order chi connectivity index (χ0) is 15.2. The molecule has 20 heavy (non-hydrogen) atoms. The number of nitrogens with one attached hydrogen (secondary N) is 1. The molecule has 1 unspecified atom stereocenters. The van der Waals surface area contributed by atoms with Gasteiger partial charge in [-0.05, 0) is 19.8 Å². The lowest BCUT2D eigenvalue weighted by Gasteiger charge is -2.38. The van der Waals surface area contributed by atoms with Gasteiger partial charge >= 0.3 is 0 Å². The highest BCUT2D eigenvalue weighted by Crippen LogP contribution is 2.20. The standard InChI is InChI=1S/C15H31N3O2/c1-5-12(6-2)13(18-7-9-20-10-8-18)14(19)17-11-15(3,4)16/h12-13H,5-11,16H2,1-4H3,(H,17,19). The number of carbonyl (C=O) groups is 1. The SMILES string of the molecule is CCC(CC)C(C(=O)NCC(C)(C)N)N1CCOCC1. The molecule has 3 N–H and O–H groups in total. The first kappa shape index (κ1) is 17.4. The first-order valence-electron chi connectivity index (χ1n) is 7.77. The fraction of sp³-hybridized carbons (Fsp3) is 0.933. The molecule has 1 aliphatic rings. The van der Waals surface area contributed by atoms with Crippen LogP contribution in [0.5, 0.6) is 0 Å². The molecule has 1 heterocycles. The molecule has 0 aromatic rings. The Morgan fingerprint density at radius 3 is 2.30 bits per heavy atom. The number of nitrogens with two attached hydrogens (primary N) is 1. The molecule has 1 aliphatic heterocycles. The van der Waals surface area contributed by atoms with Crippen LogP contribution in [0.3, 0.4) is 0 Å². The van der Waals surface area contributed by atoms with Gasteiger partial charge in [-0.25, -0.2) is 0 Å². The Kier molecular flexibility index (Phi) is 6.92. The number of morpholine rings is 1. The summed E-state index contributed by atoms with van der Waals surface area (Å²) in [6.45, 7) is 11.8. The van der Waals surface area contributed by atoms with Crippen LogP contribution in [0.4, 0.5) is 0 Å². The van der Waals surface area contributed by atoms with Crippen LogP contribution in [0.25, 0.3) is 0 Å². The van der Waals surface area contributed by atoms with Gasteiger partial charge in [0.25, 0.3) is 0 Å². The van der Waals surface area contributed by atoms with E-state index in [1.54, 1.807) is 0 Å². The molecule has 1 saturated heterocycles. The lowest BCUT2D eigenvalue weighted by molar-refractivity contribution is -0.131. The zero-order valence-corrected chi connectivity index (χ0v) is 13.4. The molecular formula is C15H31N3O2. The van der Waals surface area contributed by atoms with Gasteiger partial charge in [-0.2, -0.15) is 0 Å². The number of rotatable bonds is 7. The molecule has 1 amide bonds. The largest absolute Gasteiger partial charge is 0.379 e. The minimum Gasteiger partial charge on any atom is -0.379 e. The smallest absolute Gasteiger partial charge is 0.237 e. The molecule has 5 heteroatoms. The molecule has 0 aromatic carbocycles. The Bertz CT molecular complexity index is 292. The molecule has 0 bridgehead atoms. The van der Waals surface area contributed by atoms with E-state index in [0.717, 1.165) is 25.9 Å². The van der Waals surface area contributed by atoms with Crippen molar-refractivity contribution < 1.29 is 9.53 Å². The highest BCUT2D eigenvalue weighted by molar-refractivity contribution is 5.82. The predicted octanol–water partition coefficient (Wildman–Crippen LogP) is 0.977. The van der Waals surface area contributed by atoms with Crippen molar-refractivity contribution >= 4 is 5.91 Å². The van der Waals surface area contributed by atoms with Crippen LogP contribution in [0.1, 0.15) is 40.5 Å². The van der Waals surface area contributed by atoms with Gasteiger partial charge in [0.2, 0.25) is 5.91 Å². The fourth-order valence-corrected chi connectivity index (χ4v) is 2.69. The van der Waals surface area contributed by atoms with Crippen molar-refractivity contribution in [1.82, 2.24) is 10.2 Å². The molecule has 118 valence electrons. The first-order chi connectivity index (χ1) is 9.39. The maximum atomic E-state index is 12.6. The molecular weight excluding hydrogens is 254 g/mol. The Morgan fingerprint density at radius 1 is 1.30 bits per heavy atom. The monoisotopic (exact) mass is 285 g/mol. The van der Waals surface area contributed by atoms with Crippen molar-refractivity contribution in [3.63, 3.8) is 0 Å². The molecule has 1 rings (SSSR count). The second kappa shape index (κ2) is 7.96. The summed E-state index contributed by atoms with van der Waals surface area (Å²) in [6, 6.07) is -0.0590. The Labute approximate surface area is 123 Å². The summed E-state index contributed by atoms with van der Waals surface area (Å²) in [7, 11) is 0. The van der Waals surface area contributed by atoms with Gasteiger partial charge in [0.1, 0.15) is 0 Å². The van der Waals surface area contributed by atoms with Crippen molar-refractivity contribution in [3.05, 3.63) is 0 Å². The summed E-state index contributed by atoms with van der Waals surface area (Å²) in [5, 5.41) is 3.02. The molecule has 0 spiro atoms. The number of carbonyl (C=O) groups excluding carboxylic acids is 1. The van der Waals surface area contributed by atoms with Crippen molar-refractivity contribution in [2.24, 2.45) is 11.7 Å². The van der Waals surface area contributed by atoms with Crippen molar-refractivity contribution in [3.8, 4) is 0 Å². The minimum atomic E-state index is -0.376. The third-order valence-electron chi connectivity index (χ3n) is 3.92. The van der Waals surface area contributed by atoms with Crippen LogP contribution in [0.2, 0.25) is 0 Å². The molecule has 0 aromatic heterocycles. The second-order valence-electron chi connectivity index (χ2n) is 6.38. The fourth-order valence-electron chi connectivity index (χ4n) is 2.69. The number of nitrogens with zero attached hydrogens (tertiary/aromatic N) is 1. The molecule has 0 radical (unpaired) electrons. The Balaban J connectivity index is 2.72. The van der Waals surface area contributed by atoms with Crippen LogP contribution in [0.15, 0.2) is 0 Å². The lowest BCUT2D eigenvalue weighted by atomic mass is 9.91. The molecule has 5 nitrogen and oxygen atoms in total. The van der Waals surface area contributed by atoms with Crippen molar-refractivity contribution in [2.75, 3.05) is 32.8 Å². The van der Waals surface area contributed by atoms with E-state index in [1.165, 1.54) is 0 Å². The van der Waals surface area contributed by atoms with Gasteiger partial charge in [-0.15, -0.1) is 0 Å². The topological polar surface area (TPSA) is 67.6 Å². The summed E-state index contributed by atoms with van der Waals surface area (Å²) >= 11 is 0. The summed E-state index contributed by atoms with van der Waals surface area (Å²) in [6.07, 6.45) is 2.02. The highest BCUT2D eigenvalue weighted by Gasteiger charge is 2.33. The average Bonchev–Trinajstić information content (AvgIpc) is 2.42. The van der Waals surface area contributed by atoms with Gasteiger partial charge in [0.15, 0.2) is 0 Å². The first-order valence-corrected chi connectivity index (χ1v) is 7.77. The van der Waals surface area contributed by atoms with Crippen LogP contribution in [-0.4, -0.2) is 55.2 Å². The maximum Gasteiger partial charge on any atom is 0.237 e. The van der Waals surface area contributed by atoms with Crippen LogP contribution < -0.4 is 11.1 Å². The van der Waals surface area contributed by atoms with Crippen LogP contribution in [-0.2, 0) is 9.53 Å². The van der Waals surface area contributed by atoms with Gasteiger partial charge in [0.05, 0.1) is 19.3 Å². The Morgan fingerprint density at radius 2 is 1.85 bits per heavy atom.